The molecule has 0 aliphatic carbocycles. The summed E-state index contributed by atoms with van der Waals surface area (Å²) in [5.74, 6) is 0.451. The van der Waals surface area contributed by atoms with Crippen LogP contribution in [0.25, 0.3) is 11.0 Å². The molecule has 0 spiro atoms. The van der Waals surface area contributed by atoms with E-state index < -0.39 is 0 Å². The number of hydrogen-bond acceptors (Lipinski definition) is 5. The minimum atomic E-state index is -0.0203. The summed E-state index contributed by atoms with van der Waals surface area (Å²) >= 11 is 0. The number of aromatic nitrogens is 3. The van der Waals surface area contributed by atoms with Crippen LogP contribution in [0.5, 0.6) is 5.88 Å². The van der Waals surface area contributed by atoms with Crippen molar-refractivity contribution >= 4 is 16.9 Å². The number of carbonyl (C=O) groups excluding carboxylic acids is 1. The maximum absolute atomic E-state index is 12.3. The standard InChI is InChI=1S/C21H24N4O2/c1-14-7-6-12-22-19(14)13-15(2)23-20(26)11-10-18-21(27-3)25-17-9-5-4-8-16(17)24-18/h4-9,12,15H,10-11,13H2,1-3H3,(H,23,26)/t15-/m0/s1. The van der Waals surface area contributed by atoms with Crippen molar-refractivity contribution < 1.29 is 9.53 Å². The van der Waals surface area contributed by atoms with Crippen LogP contribution in [0.15, 0.2) is 42.6 Å². The Balaban J connectivity index is 1.60. The Morgan fingerprint density at radius 2 is 1.85 bits per heavy atom. The summed E-state index contributed by atoms with van der Waals surface area (Å²) < 4.78 is 5.35. The number of pyridine rings is 1. The fraction of sp³-hybridized carbons (Fsp3) is 0.333. The Labute approximate surface area is 159 Å². The number of benzene rings is 1. The van der Waals surface area contributed by atoms with E-state index in [-0.39, 0.29) is 11.9 Å². The third kappa shape index (κ3) is 4.78. The second kappa shape index (κ2) is 8.58. The van der Waals surface area contributed by atoms with Crippen LogP contribution in [0.3, 0.4) is 0 Å². The molecule has 6 nitrogen and oxygen atoms in total. The first-order valence-electron chi connectivity index (χ1n) is 9.06. The maximum Gasteiger partial charge on any atom is 0.235 e. The molecule has 140 valence electrons. The Morgan fingerprint density at radius 1 is 1.11 bits per heavy atom. The van der Waals surface area contributed by atoms with Crippen molar-refractivity contribution in [1.82, 2.24) is 20.3 Å². The van der Waals surface area contributed by atoms with E-state index in [1.165, 1.54) is 0 Å². The lowest BCUT2D eigenvalue weighted by atomic mass is 10.1. The summed E-state index contributed by atoms with van der Waals surface area (Å²) in [5.41, 5.74) is 4.41. The van der Waals surface area contributed by atoms with Crippen molar-refractivity contribution in [1.29, 1.82) is 0 Å². The Kier molecular flexibility index (Phi) is 5.96. The number of ether oxygens (including phenoxy) is 1. The van der Waals surface area contributed by atoms with Gasteiger partial charge in [-0.3, -0.25) is 9.78 Å². The highest BCUT2D eigenvalue weighted by Gasteiger charge is 2.14. The summed E-state index contributed by atoms with van der Waals surface area (Å²) in [6.45, 7) is 4.02. The fourth-order valence-electron chi connectivity index (χ4n) is 3.00. The molecule has 27 heavy (non-hydrogen) atoms. The fourth-order valence-corrected chi connectivity index (χ4v) is 3.00. The maximum atomic E-state index is 12.3. The van der Waals surface area contributed by atoms with Gasteiger partial charge in [0.2, 0.25) is 11.8 Å². The van der Waals surface area contributed by atoms with E-state index in [9.17, 15) is 4.79 Å². The molecule has 1 amide bonds. The van der Waals surface area contributed by atoms with Crippen LogP contribution >= 0.6 is 0 Å². The van der Waals surface area contributed by atoms with Crippen molar-refractivity contribution in [3.05, 3.63) is 59.5 Å². The van der Waals surface area contributed by atoms with E-state index in [1.54, 1.807) is 13.3 Å². The van der Waals surface area contributed by atoms with E-state index in [0.717, 1.165) is 22.3 Å². The van der Waals surface area contributed by atoms with Gasteiger partial charge < -0.3 is 10.1 Å². The molecule has 0 aliphatic heterocycles. The molecule has 0 aliphatic rings. The van der Waals surface area contributed by atoms with Crippen LogP contribution in [0.2, 0.25) is 0 Å². The van der Waals surface area contributed by atoms with Crippen LogP contribution < -0.4 is 10.1 Å². The van der Waals surface area contributed by atoms with Crippen molar-refractivity contribution in [2.45, 2.75) is 39.2 Å². The first-order valence-corrected chi connectivity index (χ1v) is 9.06. The van der Waals surface area contributed by atoms with Gasteiger partial charge in [-0.2, -0.15) is 0 Å². The number of nitrogens with zero attached hydrogens (tertiary/aromatic N) is 3. The van der Waals surface area contributed by atoms with E-state index in [4.69, 9.17) is 4.74 Å². The monoisotopic (exact) mass is 364 g/mol. The van der Waals surface area contributed by atoms with Crippen LogP contribution in [-0.2, 0) is 17.6 Å². The molecule has 1 atom stereocenters. The molecule has 6 heteroatoms. The Morgan fingerprint density at radius 3 is 2.56 bits per heavy atom. The average molecular weight is 364 g/mol. The van der Waals surface area contributed by atoms with Crippen LogP contribution in [0.4, 0.5) is 0 Å². The topological polar surface area (TPSA) is 77.0 Å². The molecule has 2 aromatic heterocycles. The van der Waals surface area contributed by atoms with Crippen molar-refractivity contribution in [2.24, 2.45) is 0 Å². The molecule has 1 N–H and O–H groups in total. The molecule has 0 saturated heterocycles. The predicted molar refractivity (Wildman–Crippen MR) is 105 cm³/mol. The number of fused-ring (bicyclic) bond motifs is 1. The van der Waals surface area contributed by atoms with Gasteiger partial charge in [-0.25, -0.2) is 9.97 Å². The zero-order chi connectivity index (χ0) is 19.2. The minimum absolute atomic E-state index is 0.00989. The summed E-state index contributed by atoms with van der Waals surface area (Å²) in [7, 11) is 1.57. The summed E-state index contributed by atoms with van der Waals surface area (Å²) in [6, 6.07) is 11.6. The molecular formula is C21H24N4O2. The van der Waals surface area contributed by atoms with Crippen molar-refractivity contribution in [2.75, 3.05) is 7.11 Å². The third-order valence-corrected chi connectivity index (χ3v) is 4.41. The normalized spacial score (nSPS) is 12.0. The van der Waals surface area contributed by atoms with Gasteiger partial charge >= 0.3 is 0 Å². The molecule has 0 bridgehead atoms. The van der Waals surface area contributed by atoms with Crippen LogP contribution in [0, 0.1) is 6.92 Å². The first-order chi connectivity index (χ1) is 13.1. The molecule has 0 saturated carbocycles. The molecule has 0 unspecified atom stereocenters. The van der Waals surface area contributed by atoms with Gasteiger partial charge in [-0.15, -0.1) is 0 Å². The van der Waals surface area contributed by atoms with Crippen LogP contribution in [0.1, 0.15) is 30.3 Å². The second-order valence-corrected chi connectivity index (χ2v) is 6.61. The average Bonchev–Trinajstić information content (AvgIpc) is 2.67. The van der Waals surface area contributed by atoms with Crippen LogP contribution in [-0.4, -0.2) is 34.0 Å². The number of nitrogens with one attached hydrogen (secondary N) is 1. The van der Waals surface area contributed by atoms with Crippen molar-refractivity contribution in [3.63, 3.8) is 0 Å². The Bertz CT molecular complexity index is 942. The molecule has 1 aromatic carbocycles. The zero-order valence-corrected chi connectivity index (χ0v) is 15.9. The number of amides is 1. The number of methoxy groups -OCH3 is 1. The smallest absolute Gasteiger partial charge is 0.235 e. The predicted octanol–water partition coefficient (Wildman–Crippen LogP) is 3.02. The number of aryl methyl sites for hydroxylation is 2. The lowest BCUT2D eigenvalue weighted by molar-refractivity contribution is -0.121. The van der Waals surface area contributed by atoms with Gasteiger partial charge in [-0.1, -0.05) is 18.2 Å². The first kappa shape index (κ1) is 18.8. The zero-order valence-electron chi connectivity index (χ0n) is 15.9. The molecule has 3 aromatic rings. The lowest BCUT2D eigenvalue weighted by Gasteiger charge is -2.15. The SMILES string of the molecule is COc1nc2ccccc2nc1CCC(=O)N[C@@H](C)Cc1ncccc1C. The highest BCUT2D eigenvalue weighted by Crippen LogP contribution is 2.19. The lowest BCUT2D eigenvalue weighted by Crippen LogP contribution is -2.34. The van der Waals surface area contributed by atoms with Gasteiger partial charge in [0.15, 0.2) is 0 Å². The molecular weight excluding hydrogens is 340 g/mol. The summed E-state index contributed by atoms with van der Waals surface area (Å²) in [5, 5.41) is 3.03. The largest absolute Gasteiger partial charge is 0.480 e. The molecule has 3 rings (SSSR count). The second-order valence-electron chi connectivity index (χ2n) is 6.61. The van der Waals surface area contributed by atoms with E-state index >= 15 is 0 Å². The highest BCUT2D eigenvalue weighted by atomic mass is 16.5. The third-order valence-electron chi connectivity index (χ3n) is 4.41. The molecule has 2 heterocycles. The Hall–Kier alpha value is -3.02. The minimum Gasteiger partial charge on any atom is -0.480 e. The number of carbonyl (C=O) groups is 1. The highest BCUT2D eigenvalue weighted by molar-refractivity contribution is 5.77. The molecule has 0 radical (unpaired) electrons. The van der Waals surface area contributed by atoms with E-state index in [1.807, 2.05) is 50.2 Å². The van der Waals surface area contributed by atoms with E-state index in [2.05, 4.69) is 20.3 Å². The van der Waals surface area contributed by atoms with Gasteiger partial charge in [0.05, 0.1) is 18.1 Å². The number of hydrogen-bond donors (Lipinski definition) is 1. The van der Waals surface area contributed by atoms with Crippen molar-refractivity contribution in [3.8, 4) is 5.88 Å². The van der Waals surface area contributed by atoms with E-state index in [0.29, 0.717) is 30.8 Å². The summed E-state index contributed by atoms with van der Waals surface area (Å²) in [4.78, 5) is 25.8. The number of rotatable bonds is 7. The quantitative estimate of drug-likeness (QED) is 0.697. The van der Waals surface area contributed by atoms with Gasteiger partial charge in [0.1, 0.15) is 5.69 Å². The van der Waals surface area contributed by atoms with Gasteiger partial charge in [0, 0.05) is 37.2 Å². The van der Waals surface area contributed by atoms with Gasteiger partial charge in [0.25, 0.3) is 0 Å². The molecule has 0 fully saturated rings. The number of para-hydroxylation sites is 2. The van der Waals surface area contributed by atoms with Gasteiger partial charge in [-0.05, 0) is 37.6 Å². The summed E-state index contributed by atoms with van der Waals surface area (Å²) in [6.07, 6.45) is 3.29.